The van der Waals surface area contributed by atoms with E-state index < -0.39 is 6.04 Å². The highest BCUT2D eigenvalue weighted by atomic mass is 16.2. The van der Waals surface area contributed by atoms with Crippen LogP contribution in [-0.2, 0) is 16.6 Å². The zero-order valence-electron chi connectivity index (χ0n) is 17.4. The molecule has 1 unspecified atom stereocenters. The van der Waals surface area contributed by atoms with Gasteiger partial charge in [-0.1, -0.05) is 91.0 Å². The third-order valence-corrected chi connectivity index (χ3v) is 5.70. The summed E-state index contributed by atoms with van der Waals surface area (Å²) in [5.41, 5.74) is 2.95. The smallest absolute Gasteiger partial charge is 0.245 e. The fourth-order valence-corrected chi connectivity index (χ4v) is 3.82. The zero-order chi connectivity index (χ0) is 21.5. The van der Waals surface area contributed by atoms with Gasteiger partial charge in [0.2, 0.25) is 5.91 Å². The Morgan fingerprint density at radius 3 is 1.97 bits per heavy atom. The third kappa shape index (κ3) is 4.69. The second-order valence-electron chi connectivity index (χ2n) is 7.78. The maximum absolute atomic E-state index is 13.3. The molecule has 156 valence electrons. The highest BCUT2D eigenvalue weighted by Crippen LogP contribution is 2.31. The molecule has 4 rings (SSSR count). The number of carbonyl (C=O) groups excluding carboxylic acids is 1. The van der Waals surface area contributed by atoms with Crippen molar-refractivity contribution in [3.63, 3.8) is 0 Å². The minimum Gasteiger partial charge on any atom is -0.353 e. The Morgan fingerprint density at radius 1 is 0.903 bits per heavy atom. The van der Waals surface area contributed by atoms with Crippen LogP contribution in [0.25, 0.3) is 0 Å². The van der Waals surface area contributed by atoms with Gasteiger partial charge in [0.1, 0.15) is 12.4 Å². The van der Waals surface area contributed by atoms with Crippen molar-refractivity contribution in [2.75, 3.05) is 6.54 Å². The molecular weight excluding hydrogens is 386 g/mol. The first kappa shape index (κ1) is 20.5. The number of benzene rings is 3. The molecule has 3 aromatic carbocycles. The van der Waals surface area contributed by atoms with Gasteiger partial charge in [0.25, 0.3) is 0 Å². The quantitative estimate of drug-likeness (QED) is 0.481. The van der Waals surface area contributed by atoms with Crippen molar-refractivity contribution in [2.24, 2.45) is 0 Å². The fourth-order valence-electron chi connectivity index (χ4n) is 3.82. The minimum absolute atomic E-state index is 0.116. The van der Waals surface area contributed by atoms with Crippen LogP contribution in [0.2, 0.25) is 0 Å². The van der Waals surface area contributed by atoms with Crippen LogP contribution in [0.5, 0.6) is 0 Å². The number of nitrogens with one attached hydrogen (secondary N) is 1. The lowest BCUT2D eigenvalue weighted by molar-refractivity contribution is -0.124. The van der Waals surface area contributed by atoms with Crippen LogP contribution < -0.4 is 5.32 Å². The van der Waals surface area contributed by atoms with Gasteiger partial charge in [-0.3, -0.25) is 4.79 Å². The summed E-state index contributed by atoms with van der Waals surface area (Å²) in [6.45, 7) is 2.61. The van der Waals surface area contributed by atoms with Crippen molar-refractivity contribution >= 4 is 5.91 Å². The molecule has 4 aromatic rings. The second kappa shape index (κ2) is 9.34. The fraction of sp³-hybridized carbons (Fsp3) is 0.200. The second-order valence-corrected chi connectivity index (χ2v) is 7.78. The summed E-state index contributed by atoms with van der Waals surface area (Å²) in [6.07, 6.45) is 1.99. The van der Waals surface area contributed by atoms with E-state index >= 15 is 0 Å². The van der Waals surface area contributed by atoms with Gasteiger partial charge in [-0.2, -0.15) is 0 Å². The Balaban J connectivity index is 1.59. The lowest BCUT2D eigenvalue weighted by atomic mass is 9.76. The maximum Gasteiger partial charge on any atom is 0.245 e. The molecule has 0 bridgehead atoms. The molecule has 0 aliphatic carbocycles. The number of carbonyl (C=O) groups is 1. The first-order valence-corrected chi connectivity index (χ1v) is 10.3. The van der Waals surface area contributed by atoms with Crippen LogP contribution in [0.4, 0.5) is 0 Å². The number of hydrogen-bond acceptors (Lipinski definition) is 4. The van der Waals surface area contributed by atoms with Gasteiger partial charge in [0, 0.05) is 18.4 Å². The van der Waals surface area contributed by atoms with E-state index in [1.807, 2.05) is 66.7 Å². The number of nitrogens with zero attached hydrogens (tertiary/aromatic N) is 4. The van der Waals surface area contributed by atoms with E-state index in [1.54, 1.807) is 0 Å². The lowest BCUT2D eigenvalue weighted by Crippen LogP contribution is -2.43. The number of rotatable bonds is 8. The summed E-state index contributed by atoms with van der Waals surface area (Å²) in [4.78, 5) is 13.3. The predicted molar refractivity (Wildman–Crippen MR) is 119 cm³/mol. The van der Waals surface area contributed by atoms with Crippen molar-refractivity contribution in [1.29, 1.82) is 0 Å². The van der Waals surface area contributed by atoms with E-state index in [9.17, 15) is 4.79 Å². The van der Waals surface area contributed by atoms with E-state index in [-0.39, 0.29) is 11.3 Å². The molecule has 0 saturated carbocycles. The largest absolute Gasteiger partial charge is 0.353 e. The first-order chi connectivity index (χ1) is 15.2. The van der Waals surface area contributed by atoms with Crippen LogP contribution in [0, 0.1) is 0 Å². The highest BCUT2D eigenvalue weighted by Gasteiger charge is 2.31. The van der Waals surface area contributed by atoms with Crippen LogP contribution >= 0.6 is 0 Å². The molecule has 6 heteroatoms. The molecule has 1 heterocycles. The van der Waals surface area contributed by atoms with Gasteiger partial charge >= 0.3 is 0 Å². The zero-order valence-corrected chi connectivity index (χ0v) is 17.4. The average Bonchev–Trinajstić information content (AvgIpc) is 3.37. The van der Waals surface area contributed by atoms with Gasteiger partial charge < -0.3 is 5.32 Å². The summed E-state index contributed by atoms with van der Waals surface area (Å²) in [5, 5.41) is 14.6. The molecule has 0 radical (unpaired) electrons. The summed E-state index contributed by atoms with van der Waals surface area (Å²) < 4.78 is 1.52. The van der Waals surface area contributed by atoms with Crippen molar-refractivity contribution in [3.05, 3.63) is 114 Å². The molecule has 1 N–H and O–H groups in total. The third-order valence-electron chi connectivity index (χ3n) is 5.70. The topological polar surface area (TPSA) is 72.7 Å². The number of aromatic nitrogens is 4. The molecular formula is C25H25N5O. The Hall–Kier alpha value is -3.80. The molecule has 0 aliphatic heterocycles. The Morgan fingerprint density at radius 2 is 1.45 bits per heavy atom. The molecule has 31 heavy (non-hydrogen) atoms. The molecule has 1 amide bonds. The highest BCUT2D eigenvalue weighted by molar-refractivity contribution is 5.80. The van der Waals surface area contributed by atoms with E-state index in [4.69, 9.17) is 0 Å². The van der Waals surface area contributed by atoms with Crippen molar-refractivity contribution in [1.82, 2.24) is 25.5 Å². The average molecular weight is 412 g/mol. The molecule has 1 atom stereocenters. The normalized spacial score (nSPS) is 12.3. The Labute approximate surface area is 181 Å². The summed E-state index contributed by atoms with van der Waals surface area (Å²) in [5.74, 6) is -0.116. The van der Waals surface area contributed by atoms with Crippen molar-refractivity contribution in [3.8, 4) is 0 Å². The Kier molecular flexibility index (Phi) is 6.17. The van der Waals surface area contributed by atoms with Gasteiger partial charge in [-0.15, -0.1) is 5.10 Å². The molecule has 1 aromatic heterocycles. The molecule has 0 fully saturated rings. The standard InChI is InChI=1S/C25H25N5O/c1-25(21-13-7-3-8-14-21,22-15-9-4-10-16-22)18-26-24(31)23(30-19-27-28-29-30)17-20-11-5-2-6-12-20/h2-16,19,23H,17-18H2,1H3,(H,26,31). The lowest BCUT2D eigenvalue weighted by Gasteiger charge is -2.32. The van der Waals surface area contributed by atoms with E-state index in [0.29, 0.717) is 13.0 Å². The number of hydrogen-bond donors (Lipinski definition) is 1. The van der Waals surface area contributed by atoms with E-state index in [2.05, 4.69) is 52.0 Å². The first-order valence-electron chi connectivity index (χ1n) is 10.3. The van der Waals surface area contributed by atoms with Gasteiger partial charge in [0.15, 0.2) is 0 Å². The summed E-state index contributed by atoms with van der Waals surface area (Å²) >= 11 is 0. The summed E-state index contributed by atoms with van der Waals surface area (Å²) in [7, 11) is 0. The van der Waals surface area contributed by atoms with Crippen LogP contribution in [0.15, 0.2) is 97.3 Å². The van der Waals surface area contributed by atoms with Crippen LogP contribution in [0.3, 0.4) is 0 Å². The molecule has 6 nitrogen and oxygen atoms in total. The van der Waals surface area contributed by atoms with E-state index in [0.717, 1.165) is 16.7 Å². The summed E-state index contributed by atoms with van der Waals surface area (Å²) in [6, 6.07) is 29.9. The SMILES string of the molecule is CC(CNC(=O)C(Cc1ccccc1)n1cnnn1)(c1ccccc1)c1ccccc1. The monoisotopic (exact) mass is 411 g/mol. The van der Waals surface area contributed by atoms with Crippen molar-refractivity contribution < 1.29 is 4.79 Å². The molecule has 0 aliphatic rings. The van der Waals surface area contributed by atoms with Crippen molar-refractivity contribution in [2.45, 2.75) is 24.8 Å². The minimum atomic E-state index is -0.534. The number of tetrazole rings is 1. The van der Waals surface area contributed by atoms with Crippen LogP contribution in [0.1, 0.15) is 29.7 Å². The van der Waals surface area contributed by atoms with E-state index in [1.165, 1.54) is 11.0 Å². The predicted octanol–water partition coefficient (Wildman–Crippen LogP) is 3.58. The number of amides is 1. The molecule has 0 spiro atoms. The van der Waals surface area contributed by atoms with Gasteiger partial charge in [-0.05, 0) is 34.0 Å². The Bertz CT molecular complexity index is 1040. The maximum atomic E-state index is 13.3. The van der Waals surface area contributed by atoms with Gasteiger partial charge in [0.05, 0.1) is 0 Å². The van der Waals surface area contributed by atoms with Gasteiger partial charge in [-0.25, -0.2) is 4.68 Å². The van der Waals surface area contributed by atoms with Crippen LogP contribution in [-0.4, -0.2) is 32.7 Å². The molecule has 0 saturated heterocycles.